The van der Waals surface area contributed by atoms with E-state index in [-0.39, 0.29) is 25.0 Å². The number of benzene rings is 2. The number of carbonyl (C=O) groups excluding carboxylic acids is 2. The molecule has 4 rings (SSSR count). The highest BCUT2D eigenvalue weighted by Crippen LogP contribution is 2.44. The Morgan fingerprint density at radius 3 is 2.38 bits per heavy atom. The van der Waals surface area contributed by atoms with E-state index in [9.17, 15) is 19.5 Å². The summed E-state index contributed by atoms with van der Waals surface area (Å²) in [5.74, 6) is -0.605. The average molecular weight is 483 g/mol. The van der Waals surface area contributed by atoms with Crippen LogP contribution in [0.1, 0.15) is 36.8 Å². The molecule has 7 nitrogen and oxygen atoms in total. The predicted octanol–water partition coefficient (Wildman–Crippen LogP) is 3.97. The van der Waals surface area contributed by atoms with E-state index in [2.05, 4.69) is 29.6 Å². The maximum Gasteiger partial charge on any atom is 0.407 e. The van der Waals surface area contributed by atoms with Crippen molar-refractivity contribution in [3.05, 3.63) is 59.7 Å². The van der Waals surface area contributed by atoms with Crippen molar-refractivity contribution in [3.8, 4) is 11.1 Å². The molecule has 1 saturated heterocycles. The van der Waals surface area contributed by atoms with Gasteiger partial charge in [-0.1, -0.05) is 61.9 Å². The standard InChI is InChI=1S/C26H30N2O5S/c1-2-7-17(24(29)28-12-13-34-16-23(28)25(30)31)14-27-26(32)33-15-22-20-10-5-3-8-18(20)19-9-4-6-11-21(19)22/h3-6,8-11,17,22-23H,2,7,12-16H2,1H3,(H,27,32)(H,30,31). The molecule has 180 valence electrons. The fraction of sp³-hybridized carbons (Fsp3) is 0.423. The van der Waals surface area contributed by atoms with Crippen molar-refractivity contribution in [2.24, 2.45) is 5.92 Å². The Morgan fingerprint density at radius 2 is 1.76 bits per heavy atom. The van der Waals surface area contributed by atoms with E-state index in [4.69, 9.17) is 4.74 Å². The predicted molar refractivity (Wildman–Crippen MR) is 132 cm³/mol. The molecular formula is C26H30N2O5S. The van der Waals surface area contributed by atoms with Crippen LogP contribution in [0.15, 0.2) is 48.5 Å². The molecule has 1 aliphatic heterocycles. The second-order valence-corrected chi connectivity index (χ2v) is 9.80. The van der Waals surface area contributed by atoms with Gasteiger partial charge in [0.15, 0.2) is 0 Å². The van der Waals surface area contributed by atoms with Gasteiger partial charge in [-0.05, 0) is 28.7 Å². The number of fused-ring (bicyclic) bond motifs is 3. The maximum absolute atomic E-state index is 13.1. The molecule has 34 heavy (non-hydrogen) atoms. The number of aliphatic carboxylic acids is 1. The molecule has 0 saturated carbocycles. The fourth-order valence-corrected chi connectivity index (χ4v) is 5.86. The van der Waals surface area contributed by atoms with Crippen molar-refractivity contribution in [1.82, 2.24) is 10.2 Å². The third kappa shape index (κ3) is 5.06. The minimum absolute atomic E-state index is 0.0339. The number of carboxylic acids is 1. The summed E-state index contributed by atoms with van der Waals surface area (Å²) in [6.45, 7) is 2.70. The zero-order valence-corrected chi connectivity index (χ0v) is 20.1. The van der Waals surface area contributed by atoms with Crippen LogP contribution < -0.4 is 5.32 Å². The summed E-state index contributed by atoms with van der Waals surface area (Å²) in [5, 5.41) is 12.2. The van der Waals surface area contributed by atoms with Crippen LogP contribution in [-0.4, -0.2) is 65.2 Å². The number of thioether (sulfide) groups is 1. The zero-order chi connectivity index (χ0) is 24.1. The van der Waals surface area contributed by atoms with E-state index >= 15 is 0 Å². The second kappa shape index (κ2) is 11.0. The Bertz CT molecular complexity index is 1010. The minimum atomic E-state index is -0.986. The molecule has 8 heteroatoms. The third-order valence-electron chi connectivity index (χ3n) is 6.52. The Morgan fingerprint density at radius 1 is 1.12 bits per heavy atom. The van der Waals surface area contributed by atoms with Gasteiger partial charge in [0.25, 0.3) is 0 Å². The summed E-state index contributed by atoms with van der Waals surface area (Å²) >= 11 is 1.54. The third-order valence-corrected chi connectivity index (χ3v) is 7.54. The highest BCUT2D eigenvalue weighted by molar-refractivity contribution is 7.99. The zero-order valence-electron chi connectivity index (χ0n) is 19.2. The lowest BCUT2D eigenvalue weighted by atomic mass is 9.98. The van der Waals surface area contributed by atoms with Crippen molar-refractivity contribution in [2.45, 2.75) is 31.7 Å². The van der Waals surface area contributed by atoms with E-state index in [1.54, 1.807) is 11.8 Å². The quantitative estimate of drug-likeness (QED) is 0.591. The molecule has 2 amide bonds. The van der Waals surface area contributed by atoms with Crippen molar-refractivity contribution in [2.75, 3.05) is 31.2 Å². The molecular weight excluding hydrogens is 452 g/mol. The molecule has 2 aromatic carbocycles. The molecule has 2 aliphatic rings. The summed E-state index contributed by atoms with van der Waals surface area (Å²) in [7, 11) is 0. The molecule has 1 aliphatic carbocycles. The molecule has 1 heterocycles. The molecule has 0 radical (unpaired) electrons. The summed E-state index contributed by atoms with van der Waals surface area (Å²) in [6, 6.07) is 15.5. The van der Waals surface area contributed by atoms with Crippen LogP contribution >= 0.6 is 11.8 Å². The van der Waals surface area contributed by atoms with Gasteiger partial charge in [-0.3, -0.25) is 4.79 Å². The summed E-state index contributed by atoms with van der Waals surface area (Å²) < 4.78 is 5.58. The number of rotatable bonds is 8. The number of nitrogens with zero attached hydrogens (tertiary/aromatic N) is 1. The number of hydrogen-bond acceptors (Lipinski definition) is 5. The lowest BCUT2D eigenvalue weighted by molar-refractivity contribution is -0.151. The van der Waals surface area contributed by atoms with Gasteiger partial charge in [0.05, 0.1) is 5.92 Å². The van der Waals surface area contributed by atoms with Gasteiger partial charge in [0.1, 0.15) is 12.6 Å². The van der Waals surface area contributed by atoms with Crippen LogP contribution in [0, 0.1) is 5.92 Å². The van der Waals surface area contributed by atoms with Crippen LogP contribution in [0.4, 0.5) is 4.79 Å². The van der Waals surface area contributed by atoms with Gasteiger partial charge < -0.3 is 20.1 Å². The van der Waals surface area contributed by atoms with Gasteiger partial charge in [0, 0.05) is 30.5 Å². The van der Waals surface area contributed by atoms with Gasteiger partial charge in [-0.2, -0.15) is 11.8 Å². The first-order valence-electron chi connectivity index (χ1n) is 11.7. The monoisotopic (exact) mass is 482 g/mol. The lowest BCUT2D eigenvalue weighted by Gasteiger charge is -2.35. The van der Waals surface area contributed by atoms with Gasteiger partial charge in [-0.15, -0.1) is 0 Å². The van der Waals surface area contributed by atoms with Crippen molar-refractivity contribution < 1.29 is 24.2 Å². The van der Waals surface area contributed by atoms with Crippen molar-refractivity contribution in [1.29, 1.82) is 0 Å². The first-order chi connectivity index (χ1) is 16.5. The minimum Gasteiger partial charge on any atom is -0.480 e. The molecule has 2 aromatic rings. The average Bonchev–Trinajstić information content (AvgIpc) is 3.18. The largest absolute Gasteiger partial charge is 0.480 e. The normalized spacial score (nSPS) is 18.0. The van der Waals surface area contributed by atoms with Crippen LogP contribution in [0.25, 0.3) is 11.1 Å². The number of alkyl carbamates (subject to hydrolysis) is 1. The first kappa shape index (κ1) is 24.1. The van der Waals surface area contributed by atoms with Gasteiger partial charge >= 0.3 is 12.1 Å². The van der Waals surface area contributed by atoms with Crippen molar-refractivity contribution in [3.63, 3.8) is 0 Å². The Hall–Kier alpha value is -3.00. The van der Waals surface area contributed by atoms with E-state index in [0.29, 0.717) is 24.5 Å². The van der Waals surface area contributed by atoms with E-state index in [1.807, 2.05) is 31.2 Å². The van der Waals surface area contributed by atoms with Crippen LogP contribution in [-0.2, 0) is 14.3 Å². The topological polar surface area (TPSA) is 95.9 Å². The number of amides is 2. The highest BCUT2D eigenvalue weighted by Gasteiger charge is 2.36. The Kier molecular flexibility index (Phi) is 7.77. The maximum atomic E-state index is 13.1. The van der Waals surface area contributed by atoms with Crippen LogP contribution in [0.3, 0.4) is 0 Å². The summed E-state index contributed by atoms with van der Waals surface area (Å²) in [4.78, 5) is 38.7. The SMILES string of the molecule is CCCC(CNC(=O)OCC1c2ccccc2-c2ccccc21)C(=O)N1CCSCC1C(=O)O. The number of carbonyl (C=O) groups is 3. The molecule has 0 aromatic heterocycles. The van der Waals surface area contributed by atoms with Gasteiger partial charge in [0.2, 0.25) is 5.91 Å². The number of carboxylic acid groups (broad SMARTS) is 1. The fourth-order valence-electron chi connectivity index (χ4n) is 4.82. The summed E-state index contributed by atoms with van der Waals surface area (Å²) in [6.07, 6.45) is 0.751. The highest BCUT2D eigenvalue weighted by atomic mass is 32.2. The molecule has 2 unspecified atom stereocenters. The smallest absolute Gasteiger partial charge is 0.407 e. The molecule has 0 spiro atoms. The number of ether oxygens (including phenoxy) is 1. The summed E-state index contributed by atoms with van der Waals surface area (Å²) in [5.41, 5.74) is 4.60. The Balaban J connectivity index is 1.36. The van der Waals surface area contributed by atoms with Crippen LogP contribution in [0.2, 0.25) is 0 Å². The molecule has 2 atom stereocenters. The second-order valence-electron chi connectivity index (χ2n) is 8.65. The van der Waals surface area contributed by atoms with E-state index in [1.165, 1.54) is 4.90 Å². The van der Waals surface area contributed by atoms with E-state index in [0.717, 1.165) is 28.7 Å². The van der Waals surface area contributed by atoms with Crippen molar-refractivity contribution >= 4 is 29.7 Å². The number of hydrogen-bond donors (Lipinski definition) is 2. The van der Waals surface area contributed by atoms with Gasteiger partial charge in [-0.25, -0.2) is 9.59 Å². The lowest BCUT2D eigenvalue weighted by Crippen LogP contribution is -2.53. The Labute approximate surface area is 203 Å². The molecule has 1 fully saturated rings. The van der Waals surface area contributed by atoms with Crippen LogP contribution in [0.5, 0.6) is 0 Å². The van der Waals surface area contributed by atoms with E-state index < -0.39 is 24.0 Å². The molecule has 2 N–H and O–H groups in total. The number of nitrogens with one attached hydrogen (secondary N) is 1. The molecule has 0 bridgehead atoms. The first-order valence-corrected chi connectivity index (χ1v) is 12.9.